The first-order valence-corrected chi connectivity index (χ1v) is 4.68. The maximum atomic E-state index is 10.5. The van der Waals surface area contributed by atoms with Gasteiger partial charge >= 0.3 is 5.97 Å². The minimum absolute atomic E-state index is 0.359. The summed E-state index contributed by atoms with van der Waals surface area (Å²) in [6.07, 6.45) is 4.07. The molecule has 2 N–H and O–H groups in total. The molecule has 0 aliphatic carbocycles. The molecular formula is C9H19NO2. The van der Waals surface area contributed by atoms with Crippen molar-refractivity contribution in [3.8, 4) is 0 Å². The van der Waals surface area contributed by atoms with Crippen molar-refractivity contribution in [3.05, 3.63) is 0 Å². The van der Waals surface area contributed by atoms with Gasteiger partial charge in [0.05, 0.1) is 0 Å². The molecule has 0 radical (unpaired) electrons. The van der Waals surface area contributed by atoms with E-state index in [0.717, 1.165) is 13.0 Å². The largest absolute Gasteiger partial charge is 0.480 e. The van der Waals surface area contributed by atoms with Gasteiger partial charge in [-0.3, -0.25) is 4.79 Å². The Hall–Kier alpha value is -0.570. The highest BCUT2D eigenvalue weighted by atomic mass is 16.4. The molecule has 1 atom stereocenters. The van der Waals surface area contributed by atoms with E-state index in [1.54, 1.807) is 0 Å². The molecule has 0 aliphatic rings. The molecule has 0 aliphatic heterocycles. The number of rotatable bonds is 7. The van der Waals surface area contributed by atoms with Gasteiger partial charge in [0.25, 0.3) is 0 Å². The van der Waals surface area contributed by atoms with E-state index in [0.29, 0.717) is 6.42 Å². The Labute approximate surface area is 74.2 Å². The second kappa shape index (κ2) is 7.10. The van der Waals surface area contributed by atoms with Crippen molar-refractivity contribution in [2.24, 2.45) is 0 Å². The summed E-state index contributed by atoms with van der Waals surface area (Å²) in [6, 6.07) is -0.359. The topological polar surface area (TPSA) is 49.3 Å². The van der Waals surface area contributed by atoms with E-state index >= 15 is 0 Å². The van der Waals surface area contributed by atoms with Crippen LogP contribution in [0.5, 0.6) is 0 Å². The minimum Gasteiger partial charge on any atom is -0.480 e. The molecule has 0 bridgehead atoms. The summed E-state index contributed by atoms with van der Waals surface area (Å²) in [5.74, 6) is -0.742. The third-order valence-corrected chi connectivity index (χ3v) is 1.88. The predicted octanol–water partition coefficient (Wildman–Crippen LogP) is 1.63. The zero-order valence-corrected chi connectivity index (χ0v) is 7.97. The molecule has 3 nitrogen and oxygen atoms in total. The summed E-state index contributed by atoms with van der Waals surface area (Å²) >= 11 is 0. The number of aliphatic carboxylic acids is 1. The van der Waals surface area contributed by atoms with E-state index in [1.165, 1.54) is 12.8 Å². The van der Waals surface area contributed by atoms with Gasteiger partial charge in [-0.2, -0.15) is 0 Å². The Bertz CT molecular complexity index is 126. The summed E-state index contributed by atoms with van der Waals surface area (Å²) in [7, 11) is 0. The fourth-order valence-corrected chi connectivity index (χ4v) is 1.06. The summed E-state index contributed by atoms with van der Waals surface area (Å²) in [4.78, 5) is 10.5. The maximum Gasteiger partial charge on any atom is 0.320 e. The number of nitrogens with one attached hydrogen (secondary N) is 1. The average molecular weight is 173 g/mol. The Kier molecular flexibility index (Phi) is 6.76. The lowest BCUT2D eigenvalue weighted by Gasteiger charge is -2.11. The van der Waals surface area contributed by atoms with Gasteiger partial charge in [-0.15, -0.1) is 0 Å². The fourth-order valence-electron chi connectivity index (χ4n) is 1.06. The molecule has 0 aromatic rings. The lowest BCUT2D eigenvalue weighted by molar-refractivity contribution is -0.139. The van der Waals surface area contributed by atoms with E-state index in [2.05, 4.69) is 12.2 Å². The third kappa shape index (κ3) is 5.13. The van der Waals surface area contributed by atoms with Crippen molar-refractivity contribution in [1.29, 1.82) is 0 Å². The average Bonchev–Trinajstić information content (AvgIpc) is 2.04. The van der Waals surface area contributed by atoms with E-state index < -0.39 is 5.97 Å². The van der Waals surface area contributed by atoms with Crippen molar-refractivity contribution in [2.45, 2.75) is 45.6 Å². The first-order chi connectivity index (χ1) is 5.72. The quantitative estimate of drug-likeness (QED) is 0.575. The standard InChI is InChI=1S/C9H19NO2/c1-3-5-6-7-10-8(4-2)9(11)12/h8,10H,3-7H2,1-2H3,(H,11,12). The van der Waals surface area contributed by atoms with Crippen LogP contribution in [0.15, 0.2) is 0 Å². The van der Waals surface area contributed by atoms with Crippen LogP contribution in [0.25, 0.3) is 0 Å². The highest BCUT2D eigenvalue weighted by Gasteiger charge is 2.12. The molecule has 0 aromatic carbocycles. The second-order valence-electron chi connectivity index (χ2n) is 2.96. The van der Waals surface area contributed by atoms with E-state index in [-0.39, 0.29) is 6.04 Å². The molecule has 0 spiro atoms. The van der Waals surface area contributed by atoms with Gasteiger partial charge in [0.15, 0.2) is 0 Å². The van der Waals surface area contributed by atoms with E-state index in [4.69, 9.17) is 5.11 Å². The highest BCUT2D eigenvalue weighted by molar-refractivity contribution is 5.73. The van der Waals surface area contributed by atoms with Gasteiger partial charge in [0, 0.05) is 0 Å². The normalized spacial score (nSPS) is 12.8. The van der Waals surface area contributed by atoms with Crippen molar-refractivity contribution >= 4 is 5.97 Å². The number of hydrogen-bond acceptors (Lipinski definition) is 2. The highest BCUT2D eigenvalue weighted by Crippen LogP contribution is 1.94. The number of carboxylic acid groups (broad SMARTS) is 1. The second-order valence-corrected chi connectivity index (χ2v) is 2.96. The van der Waals surface area contributed by atoms with Crippen LogP contribution >= 0.6 is 0 Å². The van der Waals surface area contributed by atoms with Gasteiger partial charge in [-0.1, -0.05) is 26.7 Å². The lowest BCUT2D eigenvalue weighted by atomic mass is 10.2. The molecular weight excluding hydrogens is 154 g/mol. The molecule has 0 heterocycles. The third-order valence-electron chi connectivity index (χ3n) is 1.88. The van der Waals surface area contributed by atoms with Crippen LogP contribution in [-0.2, 0) is 4.79 Å². The van der Waals surface area contributed by atoms with E-state index in [9.17, 15) is 4.79 Å². The van der Waals surface area contributed by atoms with Crippen LogP contribution in [0, 0.1) is 0 Å². The van der Waals surface area contributed by atoms with Gasteiger partial charge in [-0.25, -0.2) is 0 Å². The molecule has 3 heteroatoms. The Morgan fingerprint density at radius 1 is 1.42 bits per heavy atom. The minimum atomic E-state index is -0.742. The summed E-state index contributed by atoms with van der Waals surface area (Å²) in [5.41, 5.74) is 0. The van der Waals surface area contributed by atoms with Crippen LogP contribution in [0.2, 0.25) is 0 Å². The van der Waals surface area contributed by atoms with Gasteiger partial charge in [0.1, 0.15) is 6.04 Å². The summed E-state index contributed by atoms with van der Waals surface area (Å²) in [6.45, 7) is 4.83. The molecule has 0 saturated heterocycles. The zero-order chi connectivity index (χ0) is 9.40. The SMILES string of the molecule is CCCCCNC(CC)C(=O)O. The number of hydrogen-bond donors (Lipinski definition) is 2. The molecule has 1 unspecified atom stereocenters. The monoisotopic (exact) mass is 173 g/mol. The first kappa shape index (κ1) is 11.4. The predicted molar refractivity (Wildman–Crippen MR) is 49.2 cm³/mol. The van der Waals surface area contributed by atoms with Crippen LogP contribution < -0.4 is 5.32 Å². The Morgan fingerprint density at radius 3 is 2.50 bits per heavy atom. The summed E-state index contributed by atoms with van der Waals surface area (Å²) in [5, 5.41) is 11.7. The van der Waals surface area contributed by atoms with E-state index in [1.807, 2.05) is 6.92 Å². The van der Waals surface area contributed by atoms with Crippen molar-refractivity contribution < 1.29 is 9.90 Å². The maximum absolute atomic E-state index is 10.5. The summed E-state index contributed by atoms with van der Waals surface area (Å²) < 4.78 is 0. The lowest BCUT2D eigenvalue weighted by Crippen LogP contribution is -2.36. The number of carboxylic acids is 1. The van der Waals surface area contributed by atoms with Gasteiger partial charge in [0.2, 0.25) is 0 Å². The molecule has 0 amide bonds. The smallest absolute Gasteiger partial charge is 0.320 e. The number of unbranched alkanes of at least 4 members (excludes halogenated alkanes) is 2. The first-order valence-electron chi connectivity index (χ1n) is 4.68. The molecule has 72 valence electrons. The van der Waals surface area contributed by atoms with Crippen LogP contribution in [0.1, 0.15) is 39.5 Å². The fraction of sp³-hybridized carbons (Fsp3) is 0.889. The molecule has 12 heavy (non-hydrogen) atoms. The van der Waals surface area contributed by atoms with Crippen molar-refractivity contribution in [3.63, 3.8) is 0 Å². The number of carbonyl (C=O) groups is 1. The van der Waals surface area contributed by atoms with Crippen LogP contribution in [0.3, 0.4) is 0 Å². The van der Waals surface area contributed by atoms with Crippen LogP contribution in [-0.4, -0.2) is 23.7 Å². The van der Waals surface area contributed by atoms with Gasteiger partial charge < -0.3 is 10.4 Å². The zero-order valence-electron chi connectivity index (χ0n) is 7.97. The molecule has 0 saturated carbocycles. The molecule has 0 aromatic heterocycles. The van der Waals surface area contributed by atoms with Crippen LogP contribution in [0.4, 0.5) is 0 Å². The Morgan fingerprint density at radius 2 is 2.08 bits per heavy atom. The van der Waals surface area contributed by atoms with Crippen molar-refractivity contribution in [2.75, 3.05) is 6.54 Å². The Balaban J connectivity index is 3.38. The van der Waals surface area contributed by atoms with Gasteiger partial charge in [-0.05, 0) is 19.4 Å². The molecule has 0 fully saturated rings. The molecule has 0 rings (SSSR count). The van der Waals surface area contributed by atoms with Crippen molar-refractivity contribution in [1.82, 2.24) is 5.32 Å².